The van der Waals surface area contributed by atoms with Crippen molar-refractivity contribution in [2.45, 2.75) is 13.0 Å². The first kappa shape index (κ1) is 12.6. The molecule has 0 radical (unpaired) electrons. The second kappa shape index (κ2) is 5.55. The van der Waals surface area contributed by atoms with Crippen molar-refractivity contribution in [1.29, 1.82) is 0 Å². The average Bonchev–Trinajstić information content (AvgIpc) is 2.64. The van der Waals surface area contributed by atoms with Crippen molar-refractivity contribution in [3.8, 4) is 0 Å². The van der Waals surface area contributed by atoms with Gasteiger partial charge in [-0.05, 0) is 0 Å². The van der Waals surface area contributed by atoms with Crippen LogP contribution in [0.3, 0.4) is 0 Å². The summed E-state index contributed by atoms with van der Waals surface area (Å²) in [6, 6.07) is 0. The maximum Gasteiger partial charge on any atom is 0.273 e. The van der Waals surface area contributed by atoms with Crippen molar-refractivity contribution in [2.75, 3.05) is 20.1 Å². The van der Waals surface area contributed by atoms with Gasteiger partial charge in [0.25, 0.3) is 12.3 Å². The summed E-state index contributed by atoms with van der Waals surface area (Å²) in [6.07, 6.45) is 0.410. The van der Waals surface area contributed by atoms with Gasteiger partial charge in [-0.15, -0.1) is 0 Å². The van der Waals surface area contributed by atoms with E-state index in [9.17, 15) is 13.6 Å². The van der Waals surface area contributed by atoms with Crippen LogP contribution in [-0.4, -0.2) is 46.9 Å². The summed E-state index contributed by atoms with van der Waals surface area (Å²) in [4.78, 5) is 16.4. The molecule has 0 aliphatic heterocycles. The lowest BCUT2D eigenvalue weighted by molar-refractivity contribution is 0.0615. The molecule has 1 heterocycles. The molecule has 1 aromatic rings. The molecule has 1 aromatic heterocycles. The predicted octanol–water partition coefficient (Wildman–Crippen LogP) is 0.179. The summed E-state index contributed by atoms with van der Waals surface area (Å²) < 4.78 is 25.7. The smallest absolute Gasteiger partial charge is 0.273 e. The van der Waals surface area contributed by atoms with Crippen LogP contribution in [0.1, 0.15) is 10.5 Å². The van der Waals surface area contributed by atoms with E-state index in [1.807, 2.05) is 0 Å². The Kier molecular flexibility index (Phi) is 4.36. The number of nitrogens with two attached hydrogens (primary N) is 1. The molecule has 0 aliphatic rings. The maximum atomic E-state index is 12.1. The van der Waals surface area contributed by atoms with Gasteiger partial charge >= 0.3 is 0 Å². The van der Waals surface area contributed by atoms with Crippen molar-refractivity contribution >= 4 is 5.91 Å². The summed E-state index contributed by atoms with van der Waals surface area (Å²) in [5.74, 6) is -0.518. The molecule has 2 N–H and O–H groups in total. The number of carbonyl (C=O) groups is 1. The number of alkyl halides is 2. The maximum absolute atomic E-state index is 12.1. The van der Waals surface area contributed by atoms with E-state index in [4.69, 9.17) is 5.73 Å². The molecule has 0 atom stereocenters. The first-order valence-electron chi connectivity index (χ1n) is 4.80. The second-order valence-corrected chi connectivity index (χ2v) is 3.36. The minimum Gasteiger partial charge on any atom is -0.335 e. The van der Waals surface area contributed by atoms with Gasteiger partial charge in [0.2, 0.25) is 0 Å². The molecule has 16 heavy (non-hydrogen) atoms. The number of nitrogens with zero attached hydrogens (tertiary/aromatic N) is 3. The van der Waals surface area contributed by atoms with Gasteiger partial charge < -0.3 is 15.2 Å². The van der Waals surface area contributed by atoms with E-state index in [2.05, 4.69) is 4.98 Å². The Morgan fingerprint density at radius 1 is 1.69 bits per heavy atom. The Bertz CT molecular complexity index is 353. The van der Waals surface area contributed by atoms with E-state index in [0.717, 1.165) is 4.90 Å². The summed E-state index contributed by atoms with van der Waals surface area (Å²) in [6.45, 7) is 0.373. The number of halogens is 2. The van der Waals surface area contributed by atoms with Gasteiger partial charge in [0.05, 0.1) is 12.9 Å². The fraction of sp³-hybridized carbons (Fsp3) is 0.556. The molecule has 0 saturated carbocycles. The molecule has 0 bridgehead atoms. The third-order valence-electron chi connectivity index (χ3n) is 2.00. The SMILES string of the molecule is CN(CC(F)F)C(=O)c1cn(CCN)cn1. The van der Waals surface area contributed by atoms with Crippen molar-refractivity contribution in [3.63, 3.8) is 0 Å². The van der Waals surface area contributed by atoms with Crippen molar-refractivity contribution in [3.05, 3.63) is 18.2 Å². The van der Waals surface area contributed by atoms with Crippen LogP contribution in [0.2, 0.25) is 0 Å². The molecule has 90 valence electrons. The number of amides is 1. The fourth-order valence-corrected chi connectivity index (χ4v) is 1.23. The van der Waals surface area contributed by atoms with Crippen LogP contribution in [0.5, 0.6) is 0 Å². The number of rotatable bonds is 5. The summed E-state index contributed by atoms with van der Waals surface area (Å²) in [7, 11) is 1.32. The first-order valence-corrected chi connectivity index (χ1v) is 4.80. The molecular weight excluding hydrogens is 218 g/mol. The number of hydrogen-bond acceptors (Lipinski definition) is 3. The highest BCUT2D eigenvalue weighted by Gasteiger charge is 2.17. The molecule has 1 rings (SSSR count). The molecule has 7 heteroatoms. The quantitative estimate of drug-likeness (QED) is 0.787. The normalized spacial score (nSPS) is 10.8. The second-order valence-electron chi connectivity index (χ2n) is 3.36. The number of carbonyl (C=O) groups excluding carboxylic acids is 1. The third kappa shape index (κ3) is 3.27. The van der Waals surface area contributed by atoms with Gasteiger partial charge in [0, 0.05) is 26.3 Å². The molecule has 0 aromatic carbocycles. The summed E-state index contributed by atoms with van der Waals surface area (Å²) in [5, 5.41) is 0. The minimum atomic E-state index is -2.54. The van der Waals surface area contributed by atoms with Crippen LogP contribution in [0.25, 0.3) is 0 Å². The first-order chi connectivity index (χ1) is 7.54. The minimum absolute atomic E-state index is 0.150. The van der Waals surface area contributed by atoms with Gasteiger partial charge in [0.15, 0.2) is 0 Å². The van der Waals surface area contributed by atoms with Crippen LogP contribution in [0.15, 0.2) is 12.5 Å². The number of aromatic nitrogens is 2. The Labute approximate surface area is 91.9 Å². The Hall–Kier alpha value is -1.50. The van der Waals surface area contributed by atoms with E-state index < -0.39 is 18.9 Å². The molecular formula is C9H14F2N4O. The highest BCUT2D eigenvalue weighted by atomic mass is 19.3. The Balaban J connectivity index is 2.64. The zero-order chi connectivity index (χ0) is 12.1. The van der Waals surface area contributed by atoms with E-state index >= 15 is 0 Å². The molecule has 0 aliphatic carbocycles. The lowest BCUT2D eigenvalue weighted by Gasteiger charge is -2.14. The van der Waals surface area contributed by atoms with Gasteiger partial charge in [-0.2, -0.15) is 0 Å². The largest absolute Gasteiger partial charge is 0.335 e. The van der Waals surface area contributed by atoms with E-state index in [1.165, 1.54) is 19.6 Å². The Morgan fingerprint density at radius 3 is 2.94 bits per heavy atom. The topological polar surface area (TPSA) is 64.2 Å². The summed E-state index contributed by atoms with van der Waals surface area (Å²) in [5.41, 5.74) is 5.48. The monoisotopic (exact) mass is 232 g/mol. The molecule has 0 unspecified atom stereocenters. The molecule has 0 spiro atoms. The number of imidazole rings is 1. The third-order valence-corrected chi connectivity index (χ3v) is 2.00. The lowest BCUT2D eigenvalue weighted by Crippen LogP contribution is -2.31. The van der Waals surface area contributed by atoms with Crippen molar-refractivity contribution in [1.82, 2.24) is 14.5 Å². The average molecular weight is 232 g/mol. The zero-order valence-electron chi connectivity index (χ0n) is 8.94. The molecule has 0 fully saturated rings. The highest BCUT2D eigenvalue weighted by Crippen LogP contribution is 2.03. The van der Waals surface area contributed by atoms with Crippen LogP contribution in [0, 0.1) is 0 Å². The van der Waals surface area contributed by atoms with E-state index in [0.29, 0.717) is 13.1 Å². The van der Waals surface area contributed by atoms with Crippen LogP contribution in [-0.2, 0) is 6.54 Å². The van der Waals surface area contributed by atoms with Crippen LogP contribution >= 0.6 is 0 Å². The van der Waals surface area contributed by atoms with E-state index in [-0.39, 0.29) is 5.69 Å². The van der Waals surface area contributed by atoms with E-state index in [1.54, 1.807) is 4.57 Å². The lowest BCUT2D eigenvalue weighted by atomic mass is 10.4. The van der Waals surface area contributed by atoms with Crippen molar-refractivity contribution in [2.24, 2.45) is 5.73 Å². The Morgan fingerprint density at radius 2 is 2.38 bits per heavy atom. The highest BCUT2D eigenvalue weighted by molar-refractivity contribution is 5.91. The number of hydrogen-bond donors (Lipinski definition) is 1. The van der Waals surface area contributed by atoms with Crippen LogP contribution < -0.4 is 5.73 Å². The molecule has 1 amide bonds. The van der Waals surface area contributed by atoms with Crippen molar-refractivity contribution < 1.29 is 13.6 Å². The summed E-state index contributed by atoms with van der Waals surface area (Å²) >= 11 is 0. The van der Waals surface area contributed by atoms with Gasteiger partial charge in [-0.25, -0.2) is 13.8 Å². The van der Waals surface area contributed by atoms with Gasteiger partial charge in [-0.1, -0.05) is 0 Å². The fourth-order valence-electron chi connectivity index (χ4n) is 1.23. The standard InChI is InChI=1S/C9H14F2N4O/c1-14(5-8(10)11)9(16)7-4-15(3-2-12)6-13-7/h4,6,8H,2-3,5,12H2,1H3. The molecule has 0 saturated heterocycles. The predicted molar refractivity (Wildman–Crippen MR) is 54.2 cm³/mol. The van der Waals surface area contributed by atoms with Crippen LogP contribution in [0.4, 0.5) is 8.78 Å². The van der Waals surface area contributed by atoms with Gasteiger partial charge in [0.1, 0.15) is 5.69 Å². The zero-order valence-corrected chi connectivity index (χ0v) is 8.94. The molecule has 5 nitrogen and oxygen atoms in total. The van der Waals surface area contributed by atoms with Gasteiger partial charge in [-0.3, -0.25) is 4.79 Å².